The predicted octanol–water partition coefficient (Wildman–Crippen LogP) is 11.5. The molecule has 0 heterocycles. The molecule has 3 aromatic carbocycles. The SMILES string of the molecule is CC(C)(C)OC(=O)N(CCc1ccc(C(=O)c2ccc(O[Si](C)(C)C(C)(C)C)cc2)cc1)C[C@@H](O[Si](C)(C)C(C)(C)C)c1cccc(Cl)c1. The van der Waals surface area contributed by atoms with Crippen molar-refractivity contribution in [3.05, 3.63) is 100 Å². The zero-order chi connectivity index (χ0) is 37.0. The smallest absolute Gasteiger partial charge is 0.410 e. The average molecular weight is 725 g/mol. The minimum atomic E-state index is -2.23. The van der Waals surface area contributed by atoms with Gasteiger partial charge in [0.15, 0.2) is 14.1 Å². The Kier molecular flexibility index (Phi) is 12.8. The molecule has 0 unspecified atom stereocenters. The summed E-state index contributed by atoms with van der Waals surface area (Å²) in [5.41, 5.74) is 2.49. The first-order valence-corrected chi connectivity index (χ1v) is 23.4. The van der Waals surface area contributed by atoms with Gasteiger partial charge >= 0.3 is 6.09 Å². The van der Waals surface area contributed by atoms with Crippen molar-refractivity contribution < 1.29 is 23.2 Å². The van der Waals surface area contributed by atoms with Gasteiger partial charge < -0.3 is 18.5 Å². The predicted molar refractivity (Wildman–Crippen MR) is 208 cm³/mol. The standard InChI is InChI=1S/C40H58ClNO5Si2/c1-38(2,3)45-37(44)42(28-35(32-15-14-16-33(41)27-32)47-49(12,13)40(7,8)9)26-25-29-17-19-30(20-18-29)36(43)31-21-23-34(24-22-31)46-48(10,11)39(4,5)6/h14-24,27,35H,25-26,28H2,1-13H3/t35-/m1/s1. The van der Waals surface area contributed by atoms with E-state index in [1.165, 1.54) is 0 Å². The van der Waals surface area contributed by atoms with Gasteiger partial charge in [-0.05, 0) is 111 Å². The molecule has 1 atom stereocenters. The second kappa shape index (κ2) is 15.5. The van der Waals surface area contributed by atoms with E-state index in [1.807, 2.05) is 93.6 Å². The molecule has 0 fully saturated rings. The van der Waals surface area contributed by atoms with Gasteiger partial charge in [-0.1, -0.05) is 89.5 Å². The molecule has 3 aromatic rings. The summed E-state index contributed by atoms with van der Waals surface area (Å²) in [4.78, 5) is 28.7. The van der Waals surface area contributed by atoms with Gasteiger partial charge in [-0.3, -0.25) is 4.79 Å². The number of carbonyl (C=O) groups excluding carboxylic acids is 2. The first-order chi connectivity index (χ1) is 22.4. The normalized spacial score (nSPS) is 13.5. The summed E-state index contributed by atoms with van der Waals surface area (Å²) in [6, 6.07) is 22.7. The van der Waals surface area contributed by atoms with Crippen LogP contribution >= 0.6 is 11.6 Å². The monoisotopic (exact) mass is 723 g/mol. The van der Waals surface area contributed by atoms with Crippen LogP contribution in [0.25, 0.3) is 0 Å². The molecule has 6 nitrogen and oxygen atoms in total. The van der Waals surface area contributed by atoms with Crippen LogP contribution < -0.4 is 4.43 Å². The zero-order valence-corrected chi connectivity index (χ0v) is 34.7. The molecule has 49 heavy (non-hydrogen) atoms. The van der Waals surface area contributed by atoms with Gasteiger partial charge in [0.25, 0.3) is 0 Å². The van der Waals surface area contributed by atoms with Crippen molar-refractivity contribution in [2.75, 3.05) is 13.1 Å². The van der Waals surface area contributed by atoms with E-state index in [0.717, 1.165) is 16.9 Å². The number of carbonyl (C=O) groups is 2. The Morgan fingerprint density at radius 3 is 1.78 bits per heavy atom. The Bertz CT molecular complexity index is 1570. The molecule has 3 rings (SSSR count). The van der Waals surface area contributed by atoms with Crippen molar-refractivity contribution in [2.24, 2.45) is 0 Å². The molecule has 1 amide bonds. The first kappa shape index (κ1) is 40.5. The van der Waals surface area contributed by atoms with Crippen LogP contribution in [0.4, 0.5) is 4.79 Å². The third-order valence-electron chi connectivity index (χ3n) is 9.68. The van der Waals surface area contributed by atoms with Crippen LogP contribution in [0, 0.1) is 0 Å². The molecule has 0 aliphatic heterocycles. The van der Waals surface area contributed by atoms with Crippen molar-refractivity contribution in [1.29, 1.82) is 0 Å². The van der Waals surface area contributed by atoms with Gasteiger partial charge in [0.05, 0.1) is 12.6 Å². The lowest BCUT2D eigenvalue weighted by atomic mass is 10.0. The average Bonchev–Trinajstić information content (AvgIpc) is 2.96. The number of benzene rings is 3. The zero-order valence-electron chi connectivity index (χ0n) is 32.0. The summed E-state index contributed by atoms with van der Waals surface area (Å²) < 4.78 is 19.2. The molecular formula is C40H58ClNO5Si2. The topological polar surface area (TPSA) is 65.1 Å². The minimum Gasteiger partial charge on any atom is -0.544 e. The number of hydrogen-bond acceptors (Lipinski definition) is 5. The van der Waals surface area contributed by atoms with E-state index in [0.29, 0.717) is 35.7 Å². The van der Waals surface area contributed by atoms with Crippen LogP contribution in [-0.2, 0) is 15.6 Å². The molecule has 0 aromatic heterocycles. The quantitative estimate of drug-likeness (QED) is 0.137. The van der Waals surface area contributed by atoms with E-state index < -0.39 is 28.3 Å². The Morgan fingerprint density at radius 2 is 1.29 bits per heavy atom. The summed E-state index contributed by atoms with van der Waals surface area (Å²) in [6.07, 6.45) is -0.202. The summed E-state index contributed by atoms with van der Waals surface area (Å²) in [5.74, 6) is 0.744. The van der Waals surface area contributed by atoms with E-state index in [4.69, 9.17) is 25.2 Å². The summed E-state index contributed by atoms with van der Waals surface area (Å²) >= 11 is 6.42. The minimum absolute atomic E-state index is 0.0275. The van der Waals surface area contributed by atoms with Gasteiger partial charge in [0.2, 0.25) is 8.32 Å². The van der Waals surface area contributed by atoms with Crippen LogP contribution in [0.5, 0.6) is 5.75 Å². The molecule has 0 bridgehead atoms. The Balaban J connectivity index is 1.79. The fourth-order valence-electron chi connectivity index (χ4n) is 4.61. The maximum atomic E-state index is 13.6. The van der Waals surface area contributed by atoms with Crippen molar-refractivity contribution in [2.45, 2.75) is 117 Å². The van der Waals surface area contributed by atoms with Gasteiger partial charge in [-0.15, -0.1) is 0 Å². The van der Waals surface area contributed by atoms with Crippen LogP contribution in [0.15, 0.2) is 72.8 Å². The Labute approximate surface area is 302 Å². The van der Waals surface area contributed by atoms with E-state index in [-0.39, 0.29) is 22.0 Å². The molecule has 0 radical (unpaired) electrons. The lowest BCUT2D eigenvalue weighted by Gasteiger charge is -2.40. The van der Waals surface area contributed by atoms with Gasteiger partial charge in [-0.25, -0.2) is 4.79 Å². The van der Waals surface area contributed by atoms with Crippen molar-refractivity contribution in [3.63, 3.8) is 0 Å². The number of rotatable bonds is 12. The van der Waals surface area contributed by atoms with Gasteiger partial charge in [0.1, 0.15) is 11.4 Å². The van der Waals surface area contributed by atoms with E-state index in [2.05, 4.69) is 67.7 Å². The highest BCUT2D eigenvalue weighted by atomic mass is 35.5. The van der Waals surface area contributed by atoms with Gasteiger partial charge in [0, 0.05) is 22.7 Å². The number of ether oxygens (including phenoxy) is 1. The van der Waals surface area contributed by atoms with Crippen LogP contribution in [0.3, 0.4) is 0 Å². The van der Waals surface area contributed by atoms with Crippen LogP contribution in [-0.4, -0.2) is 52.1 Å². The lowest BCUT2D eigenvalue weighted by Crippen LogP contribution is -2.46. The third-order valence-corrected chi connectivity index (χ3v) is 18.8. The second-order valence-corrected chi connectivity index (χ2v) is 26.9. The van der Waals surface area contributed by atoms with Gasteiger partial charge in [-0.2, -0.15) is 0 Å². The van der Waals surface area contributed by atoms with Crippen LogP contribution in [0.2, 0.25) is 41.3 Å². The molecule has 0 aliphatic carbocycles. The summed E-state index contributed by atoms with van der Waals surface area (Å²) in [6.45, 7) is 28.4. The lowest BCUT2D eigenvalue weighted by molar-refractivity contribution is 0.0158. The second-order valence-electron chi connectivity index (χ2n) is 17.0. The fourth-order valence-corrected chi connectivity index (χ4v) is 7.12. The molecule has 0 saturated heterocycles. The number of halogens is 1. The number of hydrogen-bond donors (Lipinski definition) is 0. The van der Waals surface area contributed by atoms with Crippen molar-refractivity contribution in [1.82, 2.24) is 4.90 Å². The maximum absolute atomic E-state index is 13.6. The fraction of sp³-hybridized carbons (Fsp3) is 0.500. The number of ketones is 1. The van der Waals surface area contributed by atoms with Crippen molar-refractivity contribution >= 4 is 40.1 Å². The highest BCUT2D eigenvalue weighted by molar-refractivity contribution is 6.75. The third kappa shape index (κ3) is 11.6. The molecule has 0 aliphatic rings. The largest absolute Gasteiger partial charge is 0.544 e. The van der Waals surface area contributed by atoms with E-state index in [9.17, 15) is 9.59 Å². The number of nitrogens with zero attached hydrogens (tertiary/aromatic N) is 1. The molecule has 268 valence electrons. The van der Waals surface area contributed by atoms with E-state index in [1.54, 1.807) is 4.90 Å². The molecule has 0 N–H and O–H groups in total. The Hall–Kier alpha value is -2.92. The first-order valence-electron chi connectivity index (χ1n) is 17.2. The highest BCUT2D eigenvalue weighted by Gasteiger charge is 2.41. The van der Waals surface area contributed by atoms with Crippen molar-refractivity contribution in [3.8, 4) is 5.75 Å². The van der Waals surface area contributed by atoms with E-state index >= 15 is 0 Å². The number of amides is 1. The Morgan fingerprint density at radius 1 is 0.755 bits per heavy atom. The molecule has 0 spiro atoms. The molecular weight excluding hydrogens is 666 g/mol. The summed E-state index contributed by atoms with van der Waals surface area (Å²) in [7, 11) is -4.20. The molecule has 9 heteroatoms. The maximum Gasteiger partial charge on any atom is 0.410 e. The highest BCUT2D eigenvalue weighted by Crippen LogP contribution is 2.40. The molecule has 0 saturated carbocycles. The summed E-state index contributed by atoms with van der Waals surface area (Å²) in [5, 5.41) is 0.680. The van der Waals surface area contributed by atoms with Crippen LogP contribution in [0.1, 0.15) is 95.5 Å².